The van der Waals surface area contributed by atoms with Crippen LogP contribution in [0.15, 0.2) is 18.2 Å². The minimum Gasteiger partial charge on any atom is -0.493 e. The monoisotopic (exact) mass is 189 g/mol. The van der Waals surface area contributed by atoms with Crippen LogP contribution in [0.2, 0.25) is 0 Å². The predicted octanol–water partition coefficient (Wildman–Crippen LogP) is 1.75. The van der Waals surface area contributed by atoms with Gasteiger partial charge in [-0.1, -0.05) is 17.7 Å². The number of ether oxygens (including phenoxy) is 1. The van der Waals surface area contributed by atoms with E-state index in [-0.39, 0.29) is 5.41 Å². The lowest BCUT2D eigenvalue weighted by Crippen LogP contribution is -2.26. The molecule has 0 amide bonds. The summed E-state index contributed by atoms with van der Waals surface area (Å²) in [5, 5.41) is 0. The van der Waals surface area contributed by atoms with Gasteiger partial charge in [-0.15, -0.1) is 0 Å². The molecular formula is C12H15NO. The lowest BCUT2D eigenvalue weighted by atomic mass is 9.88. The Morgan fingerprint density at radius 1 is 1.50 bits per heavy atom. The van der Waals surface area contributed by atoms with Crippen LogP contribution in [-0.2, 0) is 5.41 Å². The summed E-state index contributed by atoms with van der Waals surface area (Å²) in [5.74, 6) is 1.05. The molecule has 3 rings (SSSR count). The molecule has 2 atom stereocenters. The Hall–Kier alpha value is -1.02. The van der Waals surface area contributed by atoms with Gasteiger partial charge in [0, 0.05) is 17.0 Å². The highest BCUT2D eigenvalue weighted by atomic mass is 16.5. The summed E-state index contributed by atoms with van der Waals surface area (Å²) in [5.41, 5.74) is 8.95. The van der Waals surface area contributed by atoms with E-state index in [0.29, 0.717) is 6.04 Å². The molecule has 2 aliphatic rings. The van der Waals surface area contributed by atoms with E-state index in [4.69, 9.17) is 10.5 Å². The highest BCUT2D eigenvalue weighted by Gasteiger charge is 2.55. The number of benzene rings is 1. The molecule has 1 aliphatic heterocycles. The van der Waals surface area contributed by atoms with E-state index in [2.05, 4.69) is 25.1 Å². The fraction of sp³-hybridized carbons (Fsp3) is 0.500. The van der Waals surface area contributed by atoms with Crippen molar-refractivity contribution in [3.8, 4) is 5.75 Å². The number of hydrogen-bond acceptors (Lipinski definition) is 2. The van der Waals surface area contributed by atoms with Crippen LogP contribution in [0.4, 0.5) is 0 Å². The minimum atomic E-state index is 0.263. The molecule has 2 unspecified atom stereocenters. The predicted molar refractivity (Wildman–Crippen MR) is 55.6 cm³/mol. The van der Waals surface area contributed by atoms with E-state index < -0.39 is 0 Å². The molecule has 0 saturated heterocycles. The average molecular weight is 189 g/mol. The van der Waals surface area contributed by atoms with Gasteiger partial charge in [0.2, 0.25) is 0 Å². The summed E-state index contributed by atoms with van der Waals surface area (Å²) in [6.07, 6.45) is 2.22. The van der Waals surface area contributed by atoms with Crippen LogP contribution < -0.4 is 10.5 Å². The van der Waals surface area contributed by atoms with E-state index in [1.54, 1.807) is 0 Å². The molecule has 1 spiro atoms. The lowest BCUT2D eigenvalue weighted by Gasteiger charge is -2.26. The van der Waals surface area contributed by atoms with Crippen molar-refractivity contribution in [3.05, 3.63) is 29.3 Å². The molecule has 0 aromatic heterocycles. The summed E-state index contributed by atoms with van der Waals surface area (Å²) in [6.45, 7) is 2.94. The van der Waals surface area contributed by atoms with Crippen molar-refractivity contribution < 1.29 is 4.74 Å². The van der Waals surface area contributed by atoms with Crippen LogP contribution >= 0.6 is 0 Å². The third kappa shape index (κ3) is 0.947. The Bertz CT molecular complexity index is 388. The van der Waals surface area contributed by atoms with Crippen molar-refractivity contribution in [2.24, 2.45) is 5.73 Å². The first kappa shape index (κ1) is 8.30. The third-order valence-corrected chi connectivity index (χ3v) is 3.61. The normalized spacial score (nSPS) is 33.7. The van der Waals surface area contributed by atoms with Gasteiger partial charge >= 0.3 is 0 Å². The van der Waals surface area contributed by atoms with Crippen LogP contribution in [0.3, 0.4) is 0 Å². The zero-order valence-electron chi connectivity index (χ0n) is 8.42. The van der Waals surface area contributed by atoms with E-state index in [1.807, 2.05) is 0 Å². The number of fused-ring (bicyclic) bond motifs is 2. The van der Waals surface area contributed by atoms with Gasteiger partial charge < -0.3 is 10.5 Å². The Morgan fingerprint density at radius 3 is 3.00 bits per heavy atom. The first-order valence-electron chi connectivity index (χ1n) is 5.22. The maximum absolute atomic E-state index is 6.04. The van der Waals surface area contributed by atoms with Gasteiger partial charge in [0.1, 0.15) is 5.75 Å². The van der Waals surface area contributed by atoms with E-state index in [9.17, 15) is 0 Å². The Morgan fingerprint density at radius 2 is 2.29 bits per heavy atom. The number of rotatable bonds is 0. The standard InChI is InChI=1S/C12H15NO/c1-8-2-3-10-9(6-8)12(4-5-14-10)7-11(12)13/h2-3,6,11H,4-5,7,13H2,1H3. The molecule has 1 aliphatic carbocycles. The topological polar surface area (TPSA) is 35.2 Å². The van der Waals surface area contributed by atoms with Gasteiger partial charge in [-0.05, 0) is 25.8 Å². The average Bonchev–Trinajstić information content (AvgIpc) is 2.80. The van der Waals surface area contributed by atoms with Gasteiger partial charge in [-0.2, -0.15) is 0 Å². The van der Waals surface area contributed by atoms with E-state index in [0.717, 1.165) is 25.2 Å². The van der Waals surface area contributed by atoms with Gasteiger partial charge in [0.25, 0.3) is 0 Å². The van der Waals surface area contributed by atoms with Gasteiger partial charge in [-0.3, -0.25) is 0 Å². The van der Waals surface area contributed by atoms with Crippen molar-refractivity contribution in [1.82, 2.24) is 0 Å². The fourth-order valence-corrected chi connectivity index (χ4v) is 2.57. The molecule has 2 N–H and O–H groups in total. The van der Waals surface area contributed by atoms with Crippen LogP contribution in [0.25, 0.3) is 0 Å². The summed E-state index contributed by atoms with van der Waals surface area (Å²) in [4.78, 5) is 0. The lowest BCUT2D eigenvalue weighted by molar-refractivity contribution is 0.258. The molecule has 1 saturated carbocycles. The molecule has 0 radical (unpaired) electrons. The summed E-state index contributed by atoms with van der Waals surface area (Å²) < 4.78 is 5.65. The fourth-order valence-electron chi connectivity index (χ4n) is 2.57. The molecule has 1 aromatic rings. The molecule has 2 nitrogen and oxygen atoms in total. The van der Waals surface area contributed by atoms with Crippen molar-refractivity contribution in [3.63, 3.8) is 0 Å². The molecule has 1 aromatic carbocycles. The summed E-state index contributed by atoms with van der Waals surface area (Å²) in [6, 6.07) is 6.77. The molecule has 1 heterocycles. The number of hydrogen-bond donors (Lipinski definition) is 1. The Kier molecular flexibility index (Phi) is 1.49. The van der Waals surface area contributed by atoms with Crippen LogP contribution in [0, 0.1) is 6.92 Å². The van der Waals surface area contributed by atoms with Crippen LogP contribution in [0.5, 0.6) is 5.75 Å². The second-order valence-corrected chi connectivity index (χ2v) is 4.56. The smallest absolute Gasteiger partial charge is 0.123 e. The van der Waals surface area contributed by atoms with E-state index >= 15 is 0 Å². The molecule has 14 heavy (non-hydrogen) atoms. The van der Waals surface area contributed by atoms with Crippen LogP contribution in [0.1, 0.15) is 24.0 Å². The Balaban J connectivity index is 2.14. The molecule has 2 heteroatoms. The maximum Gasteiger partial charge on any atom is 0.123 e. The maximum atomic E-state index is 6.04. The van der Waals surface area contributed by atoms with Crippen molar-refractivity contribution in [2.45, 2.75) is 31.2 Å². The van der Waals surface area contributed by atoms with Gasteiger partial charge in [0.05, 0.1) is 6.61 Å². The molecule has 74 valence electrons. The largest absolute Gasteiger partial charge is 0.493 e. The van der Waals surface area contributed by atoms with Gasteiger partial charge in [-0.25, -0.2) is 0 Å². The molecular weight excluding hydrogens is 174 g/mol. The number of aryl methyl sites for hydroxylation is 1. The first-order chi connectivity index (χ1) is 6.72. The summed E-state index contributed by atoms with van der Waals surface area (Å²) in [7, 11) is 0. The highest BCUT2D eigenvalue weighted by molar-refractivity contribution is 5.49. The third-order valence-electron chi connectivity index (χ3n) is 3.61. The highest BCUT2D eigenvalue weighted by Crippen LogP contribution is 2.54. The summed E-state index contributed by atoms with van der Waals surface area (Å²) >= 11 is 0. The first-order valence-corrected chi connectivity index (χ1v) is 5.22. The quantitative estimate of drug-likeness (QED) is 0.674. The van der Waals surface area contributed by atoms with Crippen molar-refractivity contribution >= 4 is 0 Å². The van der Waals surface area contributed by atoms with E-state index in [1.165, 1.54) is 11.1 Å². The molecule has 0 bridgehead atoms. The zero-order valence-corrected chi connectivity index (χ0v) is 8.42. The SMILES string of the molecule is Cc1ccc2c(c1)C1(CCO2)CC1N. The Labute approximate surface area is 84.1 Å². The molecule has 1 fully saturated rings. The second-order valence-electron chi connectivity index (χ2n) is 4.56. The second kappa shape index (κ2) is 2.51. The van der Waals surface area contributed by atoms with Gasteiger partial charge in [0.15, 0.2) is 0 Å². The minimum absolute atomic E-state index is 0.263. The van der Waals surface area contributed by atoms with Crippen LogP contribution in [-0.4, -0.2) is 12.6 Å². The number of nitrogens with two attached hydrogens (primary N) is 1. The van der Waals surface area contributed by atoms with Crippen molar-refractivity contribution in [1.29, 1.82) is 0 Å². The zero-order chi connectivity index (χ0) is 9.76. The van der Waals surface area contributed by atoms with Crippen molar-refractivity contribution in [2.75, 3.05) is 6.61 Å².